The molecule has 1 aromatic rings. The molecule has 0 saturated heterocycles. The zero-order chi connectivity index (χ0) is 7.56. The van der Waals surface area contributed by atoms with Gasteiger partial charge < -0.3 is 4.98 Å². The second-order valence-corrected chi connectivity index (χ2v) is 2.50. The number of aromatic amines is 1. The van der Waals surface area contributed by atoms with E-state index in [1.54, 1.807) is 6.07 Å². The summed E-state index contributed by atoms with van der Waals surface area (Å²) >= 11 is 4.88. The number of hydrogen-bond acceptors (Lipinski definition) is 2. The van der Waals surface area contributed by atoms with Gasteiger partial charge in [-0.3, -0.25) is 0 Å². The zero-order valence-electron chi connectivity index (χ0n) is 5.51. The average Bonchev–Trinajstić information content (AvgIpc) is 1.85. The quantitative estimate of drug-likeness (QED) is 0.574. The summed E-state index contributed by atoms with van der Waals surface area (Å²) < 4.78 is 0.702. The van der Waals surface area contributed by atoms with E-state index in [4.69, 9.17) is 17.5 Å². The Hall–Kier alpha value is -1.14. The summed E-state index contributed by atoms with van der Waals surface area (Å²) in [5, 5.41) is 8.46. The second-order valence-electron chi connectivity index (χ2n) is 2.02. The molecule has 0 radical (unpaired) electrons. The van der Waals surface area contributed by atoms with Crippen molar-refractivity contribution in [3.63, 3.8) is 0 Å². The highest BCUT2D eigenvalue weighted by Crippen LogP contribution is 1.98. The Morgan fingerprint density at radius 3 is 2.80 bits per heavy atom. The second kappa shape index (κ2) is 2.63. The third kappa shape index (κ3) is 1.42. The Kier molecular flexibility index (Phi) is 1.83. The monoisotopic (exact) mass is 150 g/mol. The first kappa shape index (κ1) is 6.97. The lowest BCUT2D eigenvalue weighted by Crippen LogP contribution is -1.84. The summed E-state index contributed by atoms with van der Waals surface area (Å²) in [6.45, 7) is 1.87. The van der Waals surface area contributed by atoms with Gasteiger partial charge in [0.15, 0.2) is 0 Å². The van der Waals surface area contributed by atoms with E-state index in [0.717, 1.165) is 5.69 Å². The third-order valence-electron chi connectivity index (χ3n) is 1.10. The number of nitrogens with zero attached hydrogens (tertiary/aromatic N) is 1. The largest absolute Gasteiger partial charge is 0.350 e. The molecule has 50 valence electrons. The highest BCUT2D eigenvalue weighted by atomic mass is 32.1. The van der Waals surface area contributed by atoms with Crippen LogP contribution in [-0.4, -0.2) is 4.98 Å². The molecule has 0 aliphatic rings. The van der Waals surface area contributed by atoms with Crippen LogP contribution in [0.15, 0.2) is 12.1 Å². The third-order valence-corrected chi connectivity index (χ3v) is 1.33. The van der Waals surface area contributed by atoms with Gasteiger partial charge in [-0.15, -0.1) is 0 Å². The summed E-state index contributed by atoms with van der Waals surface area (Å²) in [6.07, 6.45) is 0. The molecule has 1 heterocycles. The highest BCUT2D eigenvalue weighted by Gasteiger charge is 1.89. The van der Waals surface area contributed by atoms with E-state index >= 15 is 0 Å². The van der Waals surface area contributed by atoms with Crippen molar-refractivity contribution in [2.24, 2.45) is 0 Å². The maximum atomic E-state index is 8.46. The predicted molar refractivity (Wildman–Crippen MR) is 41.1 cm³/mol. The Bertz CT molecular complexity index is 332. The van der Waals surface area contributed by atoms with Crippen LogP contribution in [0.5, 0.6) is 0 Å². The number of aromatic nitrogens is 1. The molecule has 1 N–H and O–H groups in total. The van der Waals surface area contributed by atoms with Crippen LogP contribution in [0.2, 0.25) is 0 Å². The van der Waals surface area contributed by atoms with Crippen LogP contribution in [0.1, 0.15) is 11.4 Å². The van der Waals surface area contributed by atoms with Crippen LogP contribution in [-0.2, 0) is 0 Å². The van der Waals surface area contributed by atoms with Crippen LogP contribution in [0.4, 0.5) is 0 Å². The average molecular weight is 150 g/mol. The van der Waals surface area contributed by atoms with E-state index in [-0.39, 0.29) is 0 Å². The van der Waals surface area contributed by atoms with Crippen LogP contribution < -0.4 is 0 Å². The van der Waals surface area contributed by atoms with Gasteiger partial charge in [0.1, 0.15) is 11.8 Å². The fraction of sp³-hybridized carbons (Fsp3) is 0.143. The van der Waals surface area contributed by atoms with E-state index in [9.17, 15) is 0 Å². The Balaban J connectivity index is 3.36. The molecule has 0 spiro atoms. The molecule has 0 unspecified atom stereocenters. The standard InChI is InChI=1S/C7H6N2S/c1-5-2-7(10)3-6(4-8)9-5/h2-3H,1H3,(H,9,10). The van der Waals surface area contributed by atoms with Crippen molar-refractivity contribution in [2.75, 3.05) is 0 Å². The lowest BCUT2D eigenvalue weighted by Gasteiger charge is -1.92. The molecule has 10 heavy (non-hydrogen) atoms. The van der Waals surface area contributed by atoms with Crippen molar-refractivity contribution >= 4 is 12.2 Å². The fourth-order valence-corrected chi connectivity index (χ4v) is 1.04. The molecular weight excluding hydrogens is 144 g/mol. The van der Waals surface area contributed by atoms with Gasteiger partial charge in [0.2, 0.25) is 0 Å². The molecule has 3 heteroatoms. The van der Waals surface area contributed by atoms with Crippen molar-refractivity contribution in [2.45, 2.75) is 6.92 Å². The molecule has 0 aliphatic heterocycles. The van der Waals surface area contributed by atoms with Crippen LogP contribution in [0.3, 0.4) is 0 Å². The van der Waals surface area contributed by atoms with Crippen LogP contribution in [0.25, 0.3) is 0 Å². The zero-order valence-corrected chi connectivity index (χ0v) is 6.33. The fourth-order valence-electron chi connectivity index (χ4n) is 0.742. The normalized spacial score (nSPS) is 8.80. The van der Waals surface area contributed by atoms with E-state index < -0.39 is 0 Å². The lowest BCUT2D eigenvalue weighted by molar-refractivity contribution is 1.16. The van der Waals surface area contributed by atoms with E-state index in [1.165, 1.54) is 0 Å². The minimum atomic E-state index is 0.519. The van der Waals surface area contributed by atoms with Gasteiger partial charge in [-0.1, -0.05) is 12.2 Å². The minimum Gasteiger partial charge on any atom is -0.350 e. The summed E-state index contributed by atoms with van der Waals surface area (Å²) in [6, 6.07) is 5.44. The van der Waals surface area contributed by atoms with Crippen LogP contribution in [0, 0.1) is 22.8 Å². The first-order chi connectivity index (χ1) is 4.72. The topological polar surface area (TPSA) is 39.6 Å². The number of nitriles is 1. The molecule has 0 saturated carbocycles. The lowest BCUT2D eigenvalue weighted by atomic mass is 10.3. The molecule has 0 atom stereocenters. The molecule has 0 bridgehead atoms. The number of pyridine rings is 1. The summed E-state index contributed by atoms with van der Waals surface area (Å²) in [4.78, 5) is 2.87. The number of nitrogens with one attached hydrogen (secondary N) is 1. The first-order valence-electron chi connectivity index (χ1n) is 2.83. The summed E-state index contributed by atoms with van der Waals surface area (Å²) in [7, 11) is 0. The van der Waals surface area contributed by atoms with Crippen molar-refractivity contribution in [1.29, 1.82) is 5.26 Å². The smallest absolute Gasteiger partial charge is 0.119 e. The molecule has 0 aliphatic carbocycles. The number of rotatable bonds is 0. The first-order valence-corrected chi connectivity index (χ1v) is 3.24. The SMILES string of the molecule is Cc1cc(=S)cc(C#N)[nH]1. The molecule has 1 rings (SSSR count). The Labute approximate surface area is 64.1 Å². The van der Waals surface area contributed by atoms with Crippen LogP contribution >= 0.6 is 12.2 Å². The van der Waals surface area contributed by atoms with Crippen molar-refractivity contribution in [3.8, 4) is 6.07 Å². The summed E-state index contributed by atoms with van der Waals surface area (Å²) in [5.74, 6) is 0. The number of hydrogen-bond donors (Lipinski definition) is 1. The van der Waals surface area contributed by atoms with Gasteiger partial charge in [-0.25, -0.2) is 0 Å². The molecule has 0 amide bonds. The van der Waals surface area contributed by atoms with E-state index in [1.807, 2.05) is 19.1 Å². The van der Waals surface area contributed by atoms with E-state index in [0.29, 0.717) is 10.2 Å². The van der Waals surface area contributed by atoms with Crippen molar-refractivity contribution < 1.29 is 0 Å². The maximum absolute atomic E-state index is 8.46. The number of H-pyrrole nitrogens is 1. The molecule has 2 nitrogen and oxygen atoms in total. The van der Waals surface area contributed by atoms with Gasteiger partial charge in [0.25, 0.3) is 0 Å². The minimum absolute atomic E-state index is 0.519. The Morgan fingerprint density at radius 2 is 2.30 bits per heavy atom. The maximum Gasteiger partial charge on any atom is 0.119 e. The van der Waals surface area contributed by atoms with Gasteiger partial charge in [0.05, 0.1) is 0 Å². The Morgan fingerprint density at radius 1 is 1.60 bits per heavy atom. The highest BCUT2D eigenvalue weighted by molar-refractivity contribution is 7.71. The number of aryl methyl sites for hydroxylation is 1. The van der Waals surface area contributed by atoms with Gasteiger partial charge >= 0.3 is 0 Å². The molecular formula is C7H6N2S. The van der Waals surface area contributed by atoms with Gasteiger partial charge in [-0.05, 0) is 19.1 Å². The van der Waals surface area contributed by atoms with Crippen molar-refractivity contribution in [3.05, 3.63) is 28.0 Å². The molecule has 0 fully saturated rings. The van der Waals surface area contributed by atoms with E-state index in [2.05, 4.69) is 4.98 Å². The summed E-state index contributed by atoms with van der Waals surface area (Å²) in [5.41, 5.74) is 1.44. The molecule has 0 aromatic carbocycles. The molecule has 1 aromatic heterocycles. The predicted octanol–water partition coefficient (Wildman–Crippen LogP) is 1.92. The van der Waals surface area contributed by atoms with Gasteiger partial charge in [-0.2, -0.15) is 5.26 Å². The van der Waals surface area contributed by atoms with Gasteiger partial charge in [0, 0.05) is 10.2 Å². The van der Waals surface area contributed by atoms with Crippen molar-refractivity contribution in [1.82, 2.24) is 4.98 Å².